The lowest BCUT2D eigenvalue weighted by molar-refractivity contribution is -0.385. The molecule has 0 aliphatic rings. The predicted molar refractivity (Wildman–Crippen MR) is 76.1 cm³/mol. The van der Waals surface area contributed by atoms with Gasteiger partial charge in [0.1, 0.15) is 12.4 Å². The first-order valence-corrected chi connectivity index (χ1v) is 6.19. The summed E-state index contributed by atoms with van der Waals surface area (Å²) in [6.07, 6.45) is 1.53. The van der Waals surface area contributed by atoms with Crippen molar-refractivity contribution in [2.45, 2.75) is 6.61 Å². The highest BCUT2D eigenvalue weighted by atomic mass is 35.5. The molecule has 0 aliphatic carbocycles. The van der Waals surface area contributed by atoms with Crippen LogP contribution in [0.3, 0.4) is 0 Å². The van der Waals surface area contributed by atoms with Crippen molar-refractivity contribution >= 4 is 34.7 Å². The predicted octanol–water partition coefficient (Wildman–Crippen LogP) is 3.46. The maximum atomic E-state index is 10.9. The summed E-state index contributed by atoms with van der Waals surface area (Å²) >= 11 is 11.6. The molecule has 8 heteroatoms. The highest BCUT2D eigenvalue weighted by molar-refractivity contribution is 6.42. The van der Waals surface area contributed by atoms with Gasteiger partial charge < -0.3 is 10.5 Å². The summed E-state index contributed by atoms with van der Waals surface area (Å²) in [5.74, 6) is 0.426. The Morgan fingerprint density at radius 3 is 2.60 bits per heavy atom. The van der Waals surface area contributed by atoms with Crippen molar-refractivity contribution in [1.29, 1.82) is 0 Å². The molecule has 0 atom stereocenters. The Kier molecular flexibility index (Phi) is 4.26. The molecule has 2 aromatic rings. The number of hydrogen-bond acceptors (Lipinski definition) is 5. The Hall–Kier alpha value is -2.05. The van der Waals surface area contributed by atoms with E-state index in [9.17, 15) is 10.1 Å². The number of rotatable bonds is 4. The van der Waals surface area contributed by atoms with Crippen LogP contribution in [0.2, 0.25) is 10.0 Å². The molecule has 0 saturated heterocycles. The van der Waals surface area contributed by atoms with Gasteiger partial charge in [0.05, 0.1) is 15.0 Å². The van der Waals surface area contributed by atoms with Gasteiger partial charge in [0.2, 0.25) is 0 Å². The fourth-order valence-corrected chi connectivity index (χ4v) is 1.77. The van der Waals surface area contributed by atoms with Crippen molar-refractivity contribution in [1.82, 2.24) is 4.98 Å². The molecule has 1 aromatic carbocycles. The van der Waals surface area contributed by atoms with Crippen LogP contribution in [0, 0.1) is 10.1 Å². The summed E-state index contributed by atoms with van der Waals surface area (Å²) in [7, 11) is 0. The van der Waals surface area contributed by atoms with Gasteiger partial charge in [-0.1, -0.05) is 29.3 Å². The largest absolute Gasteiger partial charge is 0.482 e. The van der Waals surface area contributed by atoms with Crippen LogP contribution < -0.4 is 10.5 Å². The van der Waals surface area contributed by atoms with Crippen LogP contribution in [0.4, 0.5) is 11.5 Å². The van der Waals surface area contributed by atoms with E-state index in [4.69, 9.17) is 33.7 Å². The minimum Gasteiger partial charge on any atom is -0.482 e. The Morgan fingerprint density at radius 1 is 1.30 bits per heavy atom. The second-order valence-electron chi connectivity index (χ2n) is 3.87. The number of hydrogen-bond donors (Lipinski definition) is 1. The number of nitrogens with two attached hydrogens (primary N) is 1. The van der Waals surface area contributed by atoms with Gasteiger partial charge >= 0.3 is 5.69 Å². The van der Waals surface area contributed by atoms with Gasteiger partial charge in [-0.15, -0.1) is 0 Å². The summed E-state index contributed by atoms with van der Waals surface area (Å²) < 4.78 is 5.39. The molecule has 20 heavy (non-hydrogen) atoms. The zero-order valence-electron chi connectivity index (χ0n) is 10.0. The minimum atomic E-state index is -0.585. The molecule has 0 aliphatic heterocycles. The average Bonchev–Trinajstić information content (AvgIpc) is 2.41. The van der Waals surface area contributed by atoms with Gasteiger partial charge in [0.25, 0.3) is 0 Å². The molecule has 1 aromatic heterocycles. The molecule has 0 saturated carbocycles. The average molecular weight is 314 g/mol. The van der Waals surface area contributed by atoms with Crippen molar-refractivity contribution in [3.05, 3.63) is 56.2 Å². The highest BCUT2D eigenvalue weighted by Gasteiger charge is 2.18. The van der Waals surface area contributed by atoms with Crippen molar-refractivity contribution in [2.75, 3.05) is 5.73 Å². The topological polar surface area (TPSA) is 91.3 Å². The SMILES string of the molecule is Nc1ccc(COc2cc(Cl)c(Cl)cc2[N+](=O)[O-])cn1. The minimum absolute atomic E-state index is 0.0428. The number of halogens is 2. The maximum Gasteiger partial charge on any atom is 0.312 e. The standard InChI is InChI=1S/C12H9Cl2N3O3/c13-8-3-10(17(18)19)11(4-9(8)14)20-6-7-1-2-12(15)16-5-7/h1-5H,6H2,(H2,15,16). The number of ether oxygens (including phenoxy) is 1. The lowest BCUT2D eigenvalue weighted by Gasteiger charge is -2.08. The molecule has 1 heterocycles. The molecule has 2 rings (SSSR count). The van der Waals surface area contributed by atoms with Gasteiger partial charge in [-0.3, -0.25) is 10.1 Å². The van der Waals surface area contributed by atoms with Crippen LogP contribution in [-0.2, 0) is 6.61 Å². The van der Waals surface area contributed by atoms with E-state index >= 15 is 0 Å². The van der Waals surface area contributed by atoms with Crippen LogP contribution in [0.1, 0.15) is 5.56 Å². The zero-order valence-corrected chi connectivity index (χ0v) is 11.6. The number of pyridine rings is 1. The Bertz CT molecular complexity index is 647. The second-order valence-corrected chi connectivity index (χ2v) is 4.69. The van der Waals surface area contributed by atoms with Gasteiger partial charge in [0, 0.05) is 23.9 Å². The third-order valence-electron chi connectivity index (χ3n) is 2.44. The van der Waals surface area contributed by atoms with Gasteiger partial charge in [0.15, 0.2) is 5.75 Å². The van der Waals surface area contributed by atoms with E-state index in [1.807, 2.05) is 0 Å². The van der Waals surface area contributed by atoms with Crippen molar-refractivity contribution in [3.63, 3.8) is 0 Å². The summed E-state index contributed by atoms with van der Waals surface area (Å²) in [5, 5.41) is 11.2. The molecule has 0 unspecified atom stereocenters. The van der Waals surface area contributed by atoms with Crippen LogP contribution in [0.25, 0.3) is 0 Å². The molecule has 104 valence electrons. The monoisotopic (exact) mass is 313 g/mol. The fraction of sp³-hybridized carbons (Fsp3) is 0.0833. The first-order chi connectivity index (χ1) is 9.47. The van der Waals surface area contributed by atoms with Gasteiger partial charge in [-0.25, -0.2) is 4.98 Å². The fourth-order valence-electron chi connectivity index (χ4n) is 1.46. The number of nitro groups is 1. The first-order valence-electron chi connectivity index (χ1n) is 5.44. The Labute approximate surface area is 124 Å². The maximum absolute atomic E-state index is 10.9. The number of anilines is 1. The van der Waals surface area contributed by atoms with E-state index in [-0.39, 0.29) is 28.1 Å². The molecule has 0 radical (unpaired) electrons. The van der Waals surface area contributed by atoms with Crippen molar-refractivity contribution in [2.24, 2.45) is 0 Å². The molecule has 0 bridgehead atoms. The quantitative estimate of drug-likeness (QED) is 0.689. The number of aromatic nitrogens is 1. The number of nitrogen functional groups attached to an aromatic ring is 1. The number of nitro benzene ring substituents is 1. The third-order valence-corrected chi connectivity index (χ3v) is 3.16. The molecule has 0 fully saturated rings. The lowest BCUT2D eigenvalue weighted by atomic mass is 10.3. The Balaban J connectivity index is 2.22. The first kappa shape index (κ1) is 14.4. The molecule has 0 spiro atoms. The van der Waals surface area contributed by atoms with Gasteiger partial charge in [-0.2, -0.15) is 0 Å². The highest BCUT2D eigenvalue weighted by Crippen LogP contribution is 2.35. The lowest BCUT2D eigenvalue weighted by Crippen LogP contribution is -2.00. The summed E-state index contributed by atoms with van der Waals surface area (Å²) in [6, 6.07) is 5.79. The van der Waals surface area contributed by atoms with E-state index in [0.717, 1.165) is 11.6 Å². The van der Waals surface area contributed by atoms with Crippen molar-refractivity contribution < 1.29 is 9.66 Å². The van der Waals surface area contributed by atoms with E-state index in [1.54, 1.807) is 12.1 Å². The van der Waals surface area contributed by atoms with Gasteiger partial charge in [-0.05, 0) is 6.07 Å². The third kappa shape index (κ3) is 3.28. The Morgan fingerprint density at radius 2 is 2.00 bits per heavy atom. The summed E-state index contributed by atoms with van der Waals surface area (Å²) in [6.45, 7) is 0.103. The van der Waals surface area contributed by atoms with Crippen LogP contribution in [-0.4, -0.2) is 9.91 Å². The molecule has 6 nitrogen and oxygen atoms in total. The summed E-state index contributed by atoms with van der Waals surface area (Å²) in [4.78, 5) is 14.2. The molecule has 0 amide bonds. The summed E-state index contributed by atoms with van der Waals surface area (Å²) in [5.41, 5.74) is 5.94. The van der Waals surface area contributed by atoms with Crippen molar-refractivity contribution in [3.8, 4) is 5.75 Å². The molecular formula is C12H9Cl2N3O3. The van der Waals surface area contributed by atoms with Crippen LogP contribution >= 0.6 is 23.2 Å². The second kappa shape index (κ2) is 5.94. The smallest absolute Gasteiger partial charge is 0.312 e. The number of benzene rings is 1. The van der Waals surface area contributed by atoms with E-state index in [1.165, 1.54) is 12.3 Å². The normalized spacial score (nSPS) is 10.3. The van der Waals surface area contributed by atoms with E-state index in [0.29, 0.717) is 5.82 Å². The van der Waals surface area contributed by atoms with Crippen LogP contribution in [0.5, 0.6) is 5.75 Å². The van der Waals surface area contributed by atoms with E-state index in [2.05, 4.69) is 4.98 Å². The zero-order chi connectivity index (χ0) is 14.7. The van der Waals surface area contributed by atoms with Crippen LogP contribution in [0.15, 0.2) is 30.5 Å². The molecular weight excluding hydrogens is 305 g/mol. The molecule has 2 N–H and O–H groups in total. The van der Waals surface area contributed by atoms with E-state index < -0.39 is 4.92 Å². The number of nitrogens with zero attached hydrogens (tertiary/aromatic N) is 2.